The van der Waals surface area contributed by atoms with E-state index in [1.807, 2.05) is 6.07 Å². The molecule has 2 N–H and O–H groups in total. The molecule has 0 saturated carbocycles. The van der Waals surface area contributed by atoms with Gasteiger partial charge in [-0.15, -0.1) is 11.3 Å². The molecule has 1 nitrogen and oxygen atoms in total. The molecule has 1 unspecified atom stereocenters. The third kappa shape index (κ3) is 2.85. The van der Waals surface area contributed by atoms with Crippen molar-refractivity contribution in [2.45, 2.75) is 38.1 Å². The van der Waals surface area contributed by atoms with Crippen molar-refractivity contribution in [1.82, 2.24) is 0 Å². The Labute approximate surface area is 125 Å². The Hall–Kier alpha value is -1.33. The van der Waals surface area contributed by atoms with Crippen molar-refractivity contribution in [3.05, 3.63) is 56.5 Å². The maximum absolute atomic E-state index is 13.8. The van der Waals surface area contributed by atoms with Crippen LogP contribution in [0.1, 0.15) is 46.2 Å². The van der Waals surface area contributed by atoms with Crippen LogP contribution in [0.4, 0.5) is 13.2 Å². The summed E-state index contributed by atoms with van der Waals surface area (Å²) in [5, 5.41) is 0. The molecular formula is C16H16F3NS. The Kier molecular flexibility index (Phi) is 4.04. The normalized spacial score (nSPS) is 16.4. The number of thiophene rings is 1. The van der Waals surface area contributed by atoms with Gasteiger partial charge >= 0.3 is 0 Å². The van der Waals surface area contributed by atoms with Crippen LogP contribution in [0.2, 0.25) is 0 Å². The number of fused-ring (bicyclic) bond motifs is 1. The van der Waals surface area contributed by atoms with Crippen LogP contribution in [0.25, 0.3) is 0 Å². The molecule has 1 aromatic heterocycles. The van der Waals surface area contributed by atoms with E-state index in [2.05, 4.69) is 0 Å². The minimum absolute atomic E-state index is 0.257. The van der Waals surface area contributed by atoms with Crippen molar-refractivity contribution < 1.29 is 13.2 Å². The minimum Gasteiger partial charge on any atom is -0.319 e. The van der Waals surface area contributed by atoms with Gasteiger partial charge in [0.1, 0.15) is 17.5 Å². The molecule has 1 aliphatic carbocycles. The van der Waals surface area contributed by atoms with Gasteiger partial charge in [-0.05, 0) is 37.3 Å². The van der Waals surface area contributed by atoms with Gasteiger partial charge in [0.25, 0.3) is 0 Å². The van der Waals surface area contributed by atoms with Gasteiger partial charge in [-0.2, -0.15) is 0 Å². The van der Waals surface area contributed by atoms with Crippen LogP contribution < -0.4 is 5.73 Å². The molecule has 0 amide bonds. The van der Waals surface area contributed by atoms with Crippen molar-refractivity contribution in [2.75, 3.05) is 0 Å². The number of benzene rings is 1. The van der Waals surface area contributed by atoms with E-state index in [0.717, 1.165) is 30.6 Å². The van der Waals surface area contributed by atoms with Crippen LogP contribution in [0, 0.1) is 17.5 Å². The van der Waals surface area contributed by atoms with Crippen molar-refractivity contribution in [3.8, 4) is 0 Å². The second kappa shape index (κ2) is 5.81. The average Bonchev–Trinajstić information content (AvgIpc) is 2.69. The largest absolute Gasteiger partial charge is 0.319 e. The van der Waals surface area contributed by atoms with Crippen molar-refractivity contribution in [1.29, 1.82) is 0 Å². The van der Waals surface area contributed by atoms with Gasteiger partial charge in [0.05, 0.1) is 6.04 Å². The molecule has 3 rings (SSSR count). The molecule has 1 aliphatic rings. The van der Waals surface area contributed by atoms with Gasteiger partial charge < -0.3 is 5.73 Å². The number of nitrogens with two attached hydrogens (primary N) is 1. The fourth-order valence-corrected chi connectivity index (χ4v) is 4.11. The summed E-state index contributed by atoms with van der Waals surface area (Å²) in [6.45, 7) is 0. The Bertz CT molecular complexity index is 619. The van der Waals surface area contributed by atoms with Crippen molar-refractivity contribution >= 4 is 11.3 Å². The monoisotopic (exact) mass is 311 g/mol. The molecule has 0 fully saturated rings. The van der Waals surface area contributed by atoms with E-state index in [0.29, 0.717) is 12.1 Å². The second-order valence-electron chi connectivity index (χ2n) is 5.42. The molecule has 112 valence electrons. The zero-order valence-corrected chi connectivity index (χ0v) is 12.3. The molecular weight excluding hydrogens is 295 g/mol. The zero-order chi connectivity index (χ0) is 15.0. The predicted molar refractivity (Wildman–Crippen MR) is 77.9 cm³/mol. The SMILES string of the molecule is NC(c1cc2c(s1)CCCCC2)c1c(F)cc(F)cc1F. The van der Waals surface area contributed by atoms with Gasteiger partial charge in [-0.3, -0.25) is 0 Å². The molecule has 0 radical (unpaired) electrons. The van der Waals surface area contributed by atoms with E-state index < -0.39 is 23.5 Å². The van der Waals surface area contributed by atoms with Crippen LogP contribution >= 0.6 is 11.3 Å². The molecule has 2 aromatic rings. The summed E-state index contributed by atoms with van der Waals surface area (Å²) in [5.41, 5.74) is 7.01. The first-order valence-electron chi connectivity index (χ1n) is 7.08. The third-order valence-electron chi connectivity index (χ3n) is 3.93. The lowest BCUT2D eigenvalue weighted by molar-refractivity contribution is 0.516. The summed E-state index contributed by atoms with van der Waals surface area (Å²) in [6, 6.07) is 2.42. The molecule has 0 bridgehead atoms. The van der Waals surface area contributed by atoms with Crippen molar-refractivity contribution in [2.24, 2.45) is 5.73 Å². The highest BCUT2D eigenvalue weighted by molar-refractivity contribution is 7.12. The quantitative estimate of drug-likeness (QED) is 0.813. The summed E-state index contributed by atoms with van der Waals surface area (Å²) in [6.07, 6.45) is 5.48. The first kappa shape index (κ1) is 14.6. The van der Waals surface area contributed by atoms with Crippen molar-refractivity contribution in [3.63, 3.8) is 0 Å². The Morgan fingerprint density at radius 3 is 2.33 bits per heavy atom. The number of halogens is 3. The fraction of sp³-hybridized carbons (Fsp3) is 0.375. The van der Waals surface area contributed by atoms with E-state index in [1.165, 1.54) is 28.2 Å². The number of rotatable bonds is 2. The smallest absolute Gasteiger partial charge is 0.134 e. The number of hydrogen-bond acceptors (Lipinski definition) is 2. The maximum atomic E-state index is 13.8. The first-order chi connectivity index (χ1) is 10.1. The van der Waals surface area contributed by atoms with Gasteiger partial charge in [0.2, 0.25) is 0 Å². The zero-order valence-electron chi connectivity index (χ0n) is 11.5. The van der Waals surface area contributed by atoms with E-state index >= 15 is 0 Å². The van der Waals surface area contributed by atoms with Gasteiger partial charge in [-0.25, -0.2) is 13.2 Å². The highest BCUT2D eigenvalue weighted by Gasteiger charge is 2.23. The van der Waals surface area contributed by atoms with Crippen LogP contribution in [-0.4, -0.2) is 0 Å². The lowest BCUT2D eigenvalue weighted by atomic mass is 10.0. The van der Waals surface area contributed by atoms with E-state index in [4.69, 9.17) is 5.73 Å². The fourth-order valence-electron chi connectivity index (χ4n) is 2.84. The summed E-state index contributed by atoms with van der Waals surface area (Å²) in [4.78, 5) is 2.01. The van der Waals surface area contributed by atoms with E-state index in [-0.39, 0.29) is 5.56 Å². The molecule has 1 atom stereocenters. The highest BCUT2D eigenvalue weighted by atomic mass is 32.1. The number of hydrogen-bond donors (Lipinski definition) is 1. The van der Waals surface area contributed by atoms with Crippen LogP contribution in [0.15, 0.2) is 18.2 Å². The number of aryl methyl sites for hydroxylation is 2. The van der Waals surface area contributed by atoms with E-state index in [1.54, 1.807) is 0 Å². The average molecular weight is 311 g/mol. The first-order valence-corrected chi connectivity index (χ1v) is 7.89. The van der Waals surface area contributed by atoms with Crippen LogP contribution in [0.5, 0.6) is 0 Å². The Morgan fingerprint density at radius 2 is 1.62 bits per heavy atom. The predicted octanol–water partition coefficient (Wildman–Crippen LogP) is 4.48. The summed E-state index contributed by atoms with van der Waals surface area (Å²) < 4.78 is 40.7. The molecule has 21 heavy (non-hydrogen) atoms. The minimum atomic E-state index is -0.928. The molecule has 0 saturated heterocycles. The van der Waals surface area contributed by atoms with Crippen LogP contribution in [0.3, 0.4) is 0 Å². The van der Waals surface area contributed by atoms with Gasteiger partial charge in [0.15, 0.2) is 0 Å². The summed E-state index contributed by atoms with van der Waals surface area (Å²) in [5.74, 6) is -2.78. The van der Waals surface area contributed by atoms with Crippen LogP contribution in [-0.2, 0) is 12.8 Å². The summed E-state index contributed by atoms with van der Waals surface area (Å²) in [7, 11) is 0. The highest BCUT2D eigenvalue weighted by Crippen LogP contribution is 2.35. The standard InChI is InChI=1S/C16H16F3NS/c17-10-7-11(18)15(12(19)8-10)16(20)14-6-9-4-2-1-3-5-13(9)21-14/h6-8,16H,1-5,20H2. The van der Waals surface area contributed by atoms with Gasteiger partial charge in [-0.1, -0.05) is 6.42 Å². The lowest BCUT2D eigenvalue weighted by Gasteiger charge is -2.12. The lowest BCUT2D eigenvalue weighted by Crippen LogP contribution is -2.14. The van der Waals surface area contributed by atoms with Gasteiger partial charge in [0, 0.05) is 27.5 Å². The third-order valence-corrected chi connectivity index (χ3v) is 5.25. The second-order valence-corrected chi connectivity index (χ2v) is 6.59. The topological polar surface area (TPSA) is 26.0 Å². The Morgan fingerprint density at radius 1 is 0.952 bits per heavy atom. The molecule has 1 aromatic carbocycles. The molecule has 0 aliphatic heterocycles. The van der Waals surface area contributed by atoms with E-state index in [9.17, 15) is 13.2 Å². The molecule has 0 spiro atoms. The Balaban J connectivity index is 1.97. The maximum Gasteiger partial charge on any atom is 0.134 e. The summed E-state index contributed by atoms with van der Waals surface area (Å²) >= 11 is 1.52. The molecule has 5 heteroatoms. The molecule has 1 heterocycles.